The normalized spacial score (nSPS) is 14.4. The summed E-state index contributed by atoms with van der Waals surface area (Å²) >= 11 is 0. The first kappa shape index (κ1) is 17.9. The van der Waals surface area contributed by atoms with Gasteiger partial charge in [-0.25, -0.2) is 18.4 Å². The zero-order valence-electron chi connectivity index (χ0n) is 14.0. The molecular weight excluding hydrogens is 320 g/mol. The molecule has 24 heavy (non-hydrogen) atoms. The minimum Gasteiger partial charge on any atom is -0.465 e. The number of rotatable bonds is 2. The molecule has 7 heteroatoms. The van der Waals surface area contributed by atoms with Crippen LogP contribution in [0.3, 0.4) is 0 Å². The van der Waals surface area contributed by atoms with Crippen LogP contribution in [-0.2, 0) is 9.47 Å². The van der Waals surface area contributed by atoms with Gasteiger partial charge in [0.05, 0.1) is 7.11 Å². The van der Waals surface area contributed by atoms with Gasteiger partial charge in [0.15, 0.2) is 0 Å². The first-order valence-corrected chi connectivity index (χ1v) is 7.37. The van der Waals surface area contributed by atoms with Gasteiger partial charge in [-0.1, -0.05) is 6.08 Å². The standard InChI is InChI=1S/C17H19F2NO4/c1-17(2,3)24-16(22)20-8-7-10(9-20)11-5-6-12(18)13(14(11)19)15(21)23-4/h5-7H,8-9H2,1-4H3. The quantitative estimate of drug-likeness (QED) is 0.775. The summed E-state index contributed by atoms with van der Waals surface area (Å²) in [5.41, 5.74) is -0.850. The first-order valence-electron chi connectivity index (χ1n) is 7.37. The number of hydrogen-bond donors (Lipinski definition) is 0. The lowest BCUT2D eigenvalue weighted by atomic mass is 10.0. The zero-order valence-corrected chi connectivity index (χ0v) is 14.0. The molecule has 0 unspecified atom stereocenters. The Hall–Kier alpha value is -2.44. The third kappa shape index (κ3) is 3.72. The molecule has 0 spiro atoms. The molecule has 0 saturated carbocycles. The molecule has 1 aromatic rings. The van der Waals surface area contributed by atoms with Crippen molar-refractivity contribution in [3.05, 3.63) is 41.0 Å². The zero-order chi connectivity index (χ0) is 18.1. The molecule has 1 heterocycles. The van der Waals surface area contributed by atoms with Crippen LogP contribution >= 0.6 is 0 Å². The highest BCUT2D eigenvalue weighted by atomic mass is 19.1. The van der Waals surface area contributed by atoms with Crippen molar-refractivity contribution < 1.29 is 27.8 Å². The van der Waals surface area contributed by atoms with Gasteiger partial charge in [-0.3, -0.25) is 0 Å². The van der Waals surface area contributed by atoms with Gasteiger partial charge in [0.1, 0.15) is 22.8 Å². The van der Waals surface area contributed by atoms with E-state index in [9.17, 15) is 18.4 Å². The van der Waals surface area contributed by atoms with Gasteiger partial charge >= 0.3 is 12.1 Å². The number of carbonyl (C=O) groups is 2. The number of amides is 1. The first-order chi connectivity index (χ1) is 11.1. The third-order valence-electron chi connectivity index (χ3n) is 3.40. The van der Waals surface area contributed by atoms with Gasteiger partial charge in [0.2, 0.25) is 0 Å². The molecule has 1 aliphatic rings. The summed E-state index contributed by atoms with van der Waals surface area (Å²) in [4.78, 5) is 25.0. The summed E-state index contributed by atoms with van der Waals surface area (Å²) in [7, 11) is 1.05. The van der Waals surface area contributed by atoms with Gasteiger partial charge in [0, 0.05) is 18.7 Å². The Kier molecular flexibility index (Phi) is 4.91. The Morgan fingerprint density at radius 3 is 2.46 bits per heavy atom. The average molecular weight is 339 g/mol. The van der Waals surface area contributed by atoms with E-state index in [2.05, 4.69) is 4.74 Å². The number of esters is 1. The summed E-state index contributed by atoms with van der Waals surface area (Å²) in [5, 5.41) is 0. The van der Waals surface area contributed by atoms with Crippen molar-refractivity contribution in [1.29, 1.82) is 0 Å². The summed E-state index contributed by atoms with van der Waals surface area (Å²) in [5.74, 6) is -3.08. The maximum absolute atomic E-state index is 14.5. The van der Waals surface area contributed by atoms with Crippen molar-refractivity contribution >= 4 is 17.6 Å². The van der Waals surface area contributed by atoms with Crippen molar-refractivity contribution in [2.24, 2.45) is 0 Å². The molecule has 1 amide bonds. The highest BCUT2D eigenvalue weighted by Gasteiger charge is 2.29. The van der Waals surface area contributed by atoms with Crippen LogP contribution in [0.1, 0.15) is 36.7 Å². The molecule has 2 rings (SSSR count). The van der Waals surface area contributed by atoms with Gasteiger partial charge in [0.25, 0.3) is 0 Å². The van der Waals surface area contributed by atoms with Crippen LogP contribution in [0.4, 0.5) is 13.6 Å². The number of hydrogen-bond acceptors (Lipinski definition) is 4. The van der Waals surface area contributed by atoms with E-state index < -0.39 is 34.9 Å². The van der Waals surface area contributed by atoms with Crippen LogP contribution in [0, 0.1) is 11.6 Å². The van der Waals surface area contributed by atoms with Crippen LogP contribution in [0.5, 0.6) is 0 Å². The number of ether oxygens (including phenoxy) is 2. The van der Waals surface area contributed by atoms with E-state index in [0.717, 1.165) is 13.2 Å². The lowest BCUT2D eigenvalue weighted by Gasteiger charge is -2.24. The molecule has 1 aromatic carbocycles. The van der Waals surface area contributed by atoms with E-state index in [1.54, 1.807) is 26.8 Å². The smallest absolute Gasteiger partial charge is 0.410 e. The fourth-order valence-corrected chi connectivity index (χ4v) is 2.31. The Morgan fingerprint density at radius 1 is 1.21 bits per heavy atom. The van der Waals surface area contributed by atoms with Crippen LogP contribution in [0.2, 0.25) is 0 Å². The molecule has 0 aromatic heterocycles. The Labute approximate surface area is 138 Å². The third-order valence-corrected chi connectivity index (χ3v) is 3.40. The summed E-state index contributed by atoms with van der Waals surface area (Å²) in [6, 6.07) is 2.24. The second kappa shape index (κ2) is 6.59. The molecule has 0 atom stereocenters. The van der Waals surface area contributed by atoms with Crippen LogP contribution in [0.15, 0.2) is 18.2 Å². The van der Waals surface area contributed by atoms with E-state index in [4.69, 9.17) is 4.74 Å². The highest BCUT2D eigenvalue weighted by Crippen LogP contribution is 2.28. The lowest BCUT2D eigenvalue weighted by Crippen LogP contribution is -2.35. The molecular formula is C17H19F2NO4. The van der Waals surface area contributed by atoms with Gasteiger partial charge in [-0.05, 0) is 38.5 Å². The maximum Gasteiger partial charge on any atom is 0.410 e. The van der Waals surface area contributed by atoms with E-state index in [-0.39, 0.29) is 18.7 Å². The van der Waals surface area contributed by atoms with Crippen molar-refractivity contribution in [3.63, 3.8) is 0 Å². The topological polar surface area (TPSA) is 55.8 Å². The minimum absolute atomic E-state index is 0.0582. The molecule has 130 valence electrons. The van der Waals surface area contributed by atoms with Gasteiger partial charge < -0.3 is 14.4 Å². The summed E-state index contributed by atoms with van der Waals surface area (Å²) < 4.78 is 37.9. The predicted octanol–water partition coefficient (Wildman–Crippen LogP) is 3.39. The molecule has 0 radical (unpaired) electrons. The molecule has 0 bridgehead atoms. The average Bonchev–Trinajstić information content (AvgIpc) is 2.95. The SMILES string of the molecule is COC(=O)c1c(F)ccc(C2=CCN(C(=O)OC(C)(C)C)C2)c1F. The van der Waals surface area contributed by atoms with Gasteiger partial charge in [-0.2, -0.15) is 0 Å². The number of nitrogens with zero attached hydrogens (tertiary/aromatic N) is 1. The van der Waals surface area contributed by atoms with E-state index in [1.807, 2.05) is 0 Å². The molecule has 5 nitrogen and oxygen atoms in total. The minimum atomic E-state index is -1.09. The fourth-order valence-electron chi connectivity index (χ4n) is 2.31. The number of methoxy groups -OCH3 is 1. The Bertz CT molecular complexity index is 707. The largest absolute Gasteiger partial charge is 0.465 e. The van der Waals surface area contributed by atoms with E-state index in [0.29, 0.717) is 5.57 Å². The second-order valence-electron chi connectivity index (χ2n) is 6.37. The summed E-state index contributed by atoms with van der Waals surface area (Å²) in [6.07, 6.45) is 1.12. The second-order valence-corrected chi connectivity index (χ2v) is 6.37. The molecule has 0 saturated heterocycles. The van der Waals surface area contributed by atoms with Crippen LogP contribution in [0.25, 0.3) is 5.57 Å². The van der Waals surface area contributed by atoms with Crippen LogP contribution in [-0.4, -0.2) is 42.8 Å². The summed E-state index contributed by atoms with van der Waals surface area (Å²) in [6.45, 7) is 5.60. The van der Waals surface area contributed by atoms with Gasteiger partial charge in [-0.15, -0.1) is 0 Å². The van der Waals surface area contributed by atoms with Crippen molar-refractivity contribution in [2.45, 2.75) is 26.4 Å². The van der Waals surface area contributed by atoms with Crippen molar-refractivity contribution in [1.82, 2.24) is 4.90 Å². The molecule has 1 aliphatic heterocycles. The Morgan fingerprint density at radius 2 is 1.88 bits per heavy atom. The number of carbonyl (C=O) groups excluding carboxylic acids is 2. The van der Waals surface area contributed by atoms with E-state index >= 15 is 0 Å². The molecule has 0 N–H and O–H groups in total. The maximum atomic E-state index is 14.5. The molecule has 0 fully saturated rings. The molecule has 0 aliphatic carbocycles. The monoisotopic (exact) mass is 339 g/mol. The van der Waals surface area contributed by atoms with Crippen molar-refractivity contribution in [3.8, 4) is 0 Å². The van der Waals surface area contributed by atoms with Crippen molar-refractivity contribution in [2.75, 3.05) is 20.2 Å². The fraction of sp³-hybridized carbons (Fsp3) is 0.412. The lowest BCUT2D eigenvalue weighted by molar-refractivity contribution is 0.0305. The van der Waals surface area contributed by atoms with Crippen LogP contribution < -0.4 is 0 Å². The Balaban J connectivity index is 2.23. The highest BCUT2D eigenvalue weighted by molar-refractivity contribution is 5.91. The number of halogens is 2. The predicted molar refractivity (Wildman–Crippen MR) is 83.5 cm³/mol. The van der Waals surface area contributed by atoms with E-state index in [1.165, 1.54) is 11.0 Å². The number of benzene rings is 1.